The zero-order chi connectivity index (χ0) is 10.4. The van der Waals surface area contributed by atoms with E-state index in [0.717, 1.165) is 25.7 Å². The van der Waals surface area contributed by atoms with E-state index in [4.69, 9.17) is 10.3 Å². The van der Waals surface area contributed by atoms with Crippen molar-refractivity contribution < 1.29 is 14.3 Å². The van der Waals surface area contributed by atoms with Crippen molar-refractivity contribution in [2.24, 2.45) is 5.92 Å². The number of methoxy groups -OCH3 is 1. The maximum absolute atomic E-state index is 11.7. The van der Waals surface area contributed by atoms with Gasteiger partial charge in [0.25, 0.3) is 0 Å². The number of carbonyl (C=O) groups is 1. The SMILES string of the molecule is COCC(=[N+]=[N-])C(=O)C1CCCCC1. The molecule has 4 heteroatoms. The van der Waals surface area contributed by atoms with Gasteiger partial charge in [0.2, 0.25) is 5.78 Å². The summed E-state index contributed by atoms with van der Waals surface area (Å²) in [5, 5.41) is 0. The Morgan fingerprint density at radius 2 is 2.07 bits per heavy atom. The summed E-state index contributed by atoms with van der Waals surface area (Å²) in [5.41, 5.74) is 8.80. The molecule has 0 aromatic rings. The van der Waals surface area contributed by atoms with Crippen molar-refractivity contribution in [2.45, 2.75) is 32.1 Å². The molecular weight excluding hydrogens is 180 g/mol. The van der Waals surface area contributed by atoms with Crippen LogP contribution in [0.2, 0.25) is 0 Å². The minimum atomic E-state index is -0.0472. The smallest absolute Gasteiger partial charge is 0.359 e. The Hall–Kier alpha value is -0.990. The first-order chi connectivity index (χ1) is 6.79. The van der Waals surface area contributed by atoms with Crippen molar-refractivity contribution in [3.8, 4) is 0 Å². The van der Waals surface area contributed by atoms with E-state index in [2.05, 4.69) is 4.79 Å². The number of hydrogen-bond donors (Lipinski definition) is 0. The molecule has 1 aliphatic rings. The lowest BCUT2D eigenvalue weighted by atomic mass is 9.85. The molecule has 0 unspecified atom stereocenters. The molecule has 0 aromatic heterocycles. The van der Waals surface area contributed by atoms with E-state index in [-0.39, 0.29) is 24.0 Å². The summed E-state index contributed by atoms with van der Waals surface area (Å²) in [6.45, 7) is 0.103. The fourth-order valence-electron chi connectivity index (χ4n) is 1.89. The number of Topliss-reactive ketones (excluding diaryl/α,β-unsaturated/α-hetero) is 1. The largest absolute Gasteiger partial charge is 0.372 e. The Kier molecular flexibility index (Phi) is 4.50. The molecule has 78 valence electrons. The molecule has 0 aromatic carbocycles. The topological polar surface area (TPSA) is 62.7 Å². The van der Waals surface area contributed by atoms with E-state index < -0.39 is 0 Å². The third-order valence-electron chi connectivity index (χ3n) is 2.66. The fourth-order valence-corrected chi connectivity index (χ4v) is 1.89. The molecule has 0 amide bonds. The maximum atomic E-state index is 11.7. The molecule has 0 atom stereocenters. The summed E-state index contributed by atoms with van der Waals surface area (Å²) in [5.74, 6) is -0.00106. The molecule has 0 saturated heterocycles. The first kappa shape index (κ1) is 11.1. The molecule has 0 heterocycles. The number of rotatable bonds is 4. The predicted octanol–water partition coefficient (Wildman–Crippen LogP) is 1.45. The van der Waals surface area contributed by atoms with E-state index in [1.54, 1.807) is 0 Å². The summed E-state index contributed by atoms with van der Waals surface area (Å²) < 4.78 is 4.80. The first-order valence-corrected chi connectivity index (χ1v) is 5.03. The molecule has 1 aliphatic carbocycles. The van der Waals surface area contributed by atoms with E-state index in [1.807, 2.05) is 0 Å². The molecule has 1 rings (SSSR count). The van der Waals surface area contributed by atoms with Crippen molar-refractivity contribution in [1.82, 2.24) is 0 Å². The van der Waals surface area contributed by atoms with Gasteiger partial charge in [0, 0.05) is 13.0 Å². The van der Waals surface area contributed by atoms with Crippen molar-refractivity contribution in [2.75, 3.05) is 13.7 Å². The van der Waals surface area contributed by atoms with Crippen LogP contribution >= 0.6 is 0 Å². The highest BCUT2D eigenvalue weighted by atomic mass is 16.5. The molecule has 14 heavy (non-hydrogen) atoms. The molecule has 0 spiro atoms. The van der Waals surface area contributed by atoms with Crippen molar-refractivity contribution in [3.05, 3.63) is 5.53 Å². The van der Waals surface area contributed by atoms with Gasteiger partial charge in [0.05, 0.1) is 0 Å². The summed E-state index contributed by atoms with van der Waals surface area (Å²) in [7, 11) is 1.49. The van der Waals surface area contributed by atoms with Crippen LogP contribution < -0.4 is 0 Å². The Labute approximate surface area is 83.9 Å². The van der Waals surface area contributed by atoms with Crippen LogP contribution in [0.15, 0.2) is 0 Å². The van der Waals surface area contributed by atoms with Gasteiger partial charge in [-0.25, -0.2) is 0 Å². The van der Waals surface area contributed by atoms with Gasteiger partial charge in [-0.15, -0.1) is 0 Å². The molecular formula is C10H16N2O2. The number of ether oxygens (including phenoxy) is 1. The van der Waals surface area contributed by atoms with Crippen LogP contribution in [0.4, 0.5) is 0 Å². The summed E-state index contributed by atoms with van der Waals surface area (Å²) in [6, 6.07) is 0. The summed E-state index contributed by atoms with van der Waals surface area (Å²) in [6.07, 6.45) is 5.24. The van der Waals surface area contributed by atoms with Crippen LogP contribution in [0.25, 0.3) is 5.53 Å². The average Bonchev–Trinajstić information content (AvgIpc) is 2.26. The van der Waals surface area contributed by atoms with E-state index in [1.165, 1.54) is 13.5 Å². The van der Waals surface area contributed by atoms with Gasteiger partial charge in [0.15, 0.2) is 6.61 Å². The van der Waals surface area contributed by atoms with Gasteiger partial charge < -0.3 is 10.3 Å². The minimum Gasteiger partial charge on any atom is -0.372 e. The van der Waals surface area contributed by atoms with Gasteiger partial charge in [0.1, 0.15) is 0 Å². The lowest BCUT2D eigenvalue weighted by Crippen LogP contribution is -2.29. The predicted molar refractivity (Wildman–Crippen MR) is 52.1 cm³/mol. The van der Waals surface area contributed by atoms with Gasteiger partial charge >= 0.3 is 5.71 Å². The van der Waals surface area contributed by atoms with E-state index in [0.29, 0.717) is 0 Å². The van der Waals surface area contributed by atoms with Gasteiger partial charge in [-0.2, -0.15) is 4.79 Å². The molecule has 1 fully saturated rings. The summed E-state index contributed by atoms with van der Waals surface area (Å²) in [4.78, 5) is 14.7. The van der Waals surface area contributed by atoms with Gasteiger partial charge in [-0.05, 0) is 12.8 Å². The van der Waals surface area contributed by atoms with E-state index in [9.17, 15) is 4.79 Å². The highest BCUT2D eigenvalue weighted by molar-refractivity contribution is 6.38. The monoisotopic (exact) mass is 196 g/mol. The molecule has 0 bridgehead atoms. The van der Waals surface area contributed by atoms with Crippen LogP contribution in [0, 0.1) is 5.92 Å². The number of hydrogen-bond acceptors (Lipinski definition) is 2. The number of ketones is 1. The van der Waals surface area contributed by atoms with Gasteiger partial charge in [-0.3, -0.25) is 4.79 Å². The number of carbonyl (C=O) groups excluding carboxylic acids is 1. The maximum Gasteiger partial charge on any atom is 0.359 e. The lowest BCUT2D eigenvalue weighted by Gasteiger charge is -2.17. The highest BCUT2D eigenvalue weighted by Crippen LogP contribution is 2.24. The standard InChI is InChI=1S/C10H16N2O2/c1-14-7-9(12-11)10(13)8-5-3-2-4-6-8/h8H,2-7H2,1H3. The third kappa shape index (κ3) is 2.76. The lowest BCUT2D eigenvalue weighted by molar-refractivity contribution is -0.122. The zero-order valence-corrected chi connectivity index (χ0v) is 8.53. The van der Waals surface area contributed by atoms with Crippen molar-refractivity contribution in [3.63, 3.8) is 0 Å². The Morgan fingerprint density at radius 3 is 2.57 bits per heavy atom. The number of nitrogens with zero attached hydrogens (tertiary/aromatic N) is 2. The normalized spacial score (nSPS) is 17.5. The van der Waals surface area contributed by atoms with Gasteiger partial charge in [-0.1, -0.05) is 19.3 Å². The minimum absolute atomic E-state index is 0.0461. The van der Waals surface area contributed by atoms with Crippen molar-refractivity contribution in [1.29, 1.82) is 0 Å². The zero-order valence-electron chi connectivity index (χ0n) is 8.53. The highest BCUT2D eigenvalue weighted by Gasteiger charge is 2.29. The molecule has 0 N–H and O–H groups in total. The Bertz CT molecular complexity index is 251. The first-order valence-electron chi connectivity index (χ1n) is 5.03. The van der Waals surface area contributed by atoms with Crippen LogP contribution in [-0.4, -0.2) is 30.0 Å². The molecule has 4 nitrogen and oxygen atoms in total. The van der Waals surface area contributed by atoms with Crippen LogP contribution in [0.3, 0.4) is 0 Å². The third-order valence-corrected chi connectivity index (χ3v) is 2.66. The molecule has 1 saturated carbocycles. The second-order valence-electron chi connectivity index (χ2n) is 3.68. The summed E-state index contributed by atoms with van der Waals surface area (Å²) >= 11 is 0. The second-order valence-corrected chi connectivity index (χ2v) is 3.68. The second kappa shape index (κ2) is 5.68. The Morgan fingerprint density at radius 1 is 1.43 bits per heavy atom. The van der Waals surface area contributed by atoms with Crippen LogP contribution in [0.5, 0.6) is 0 Å². The molecule has 0 aliphatic heterocycles. The average molecular weight is 196 g/mol. The Balaban J connectivity index is 2.57. The van der Waals surface area contributed by atoms with Crippen LogP contribution in [0.1, 0.15) is 32.1 Å². The van der Waals surface area contributed by atoms with Crippen LogP contribution in [-0.2, 0) is 9.53 Å². The van der Waals surface area contributed by atoms with E-state index >= 15 is 0 Å². The quantitative estimate of drug-likeness (QED) is 0.388. The molecule has 0 radical (unpaired) electrons. The van der Waals surface area contributed by atoms with Crippen molar-refractivity contribution >= 4 is 11.5 Å². The fraction of sp³-hybridized carbons (Fsp3) is 0.800.